The lowest BCUT2D eigenvalue weighted by molar-refractivity contribution is 0.408. The molecule has 2 nitrogen and oxygen atoms in total. The minimum Gasteiger partial charge on any atom is -0.496 e. The summed E-state index contributed by atoms with van der Waals surface area (Å²) in [6.45, 7) is 0. The fourth-order valence-electron chi connectivity index (χ4n) is 2.88. The van der Waals surface area contributed by atoms with Crippen LogP contribution in [0.4, 0.5) is 0 Å². The monoisotopic (exact) mass is 412 g/mol. The number of methoxy groups -OCH3 is 1. The molecule has 0 radical (unpaired) electrons. The number of ether oxygens (including phenoxy) is 1. The zero-order chi connectivity index (χ0) is 18.0. The van der Waals surface area contributed by atoms with Crippen LogP contribution in [-0.4, -0.2) is 7.11 Å². The Morgan fingerprint density at radius 1 is 1.00 bits per heavy atom. The van der Waals surface area contributed by atoms with Gasteiger partial charge in [0.1, 0.15) is 5.75 Å². The molecule has 0 unspecified atom stereocenters. The van der Waals surface area contributed by atoms with Crippen molar-refractivity contribution in [3.05, 3.63) is 63.3 Å². The molecule has 0 saturated carbocycles. The van der Waals surface area contributed by atoms with Crippen molar-refractivity contribution >= 4 is 56.2 Å². The summed E-state index contributed by atoms with van der Waals surface area (Å²) in [5.74, 6) is 1.42. The minimum atomic E-state index is -0.0324. The molecular formula is C19H15Cl3O2S. The Kier molecular flexibility index (Phi) is 5.90. The molecule has 3 rings (SSSR count). The summed E-state index contributed by atoms with van der Waals surface area (Å²) in [5, 5.41) is 0.690. The van der Waals surface area contributed by atoms with Crippen LogP contribution in [0.5, 0.6) is 5.75 Å². The summed E-state index contributed by atoms with van der Waals surface area (Å²) < 4.78 is 6.37. The molecule has 1 heterocycles. The molecule has 1 aromatic heterocycles. The van der Waals surface area contributed by atoms with Crippen molar-refractivity contribution in [3.63, 3.8) is 0 Å². The molecule has 0 aliphatic heterocycles. The lowest BCUT2D eigenvalue weighted by Crippen LogP contribution is -2.08. The zero-order valence-corrected chi connectivity index (χ0v) is 16.5. The molecule has 2 aromatic carbocycles. The Balaban J connectivity index is 2.34. The van der Waals surface area contributed by atoms with Gasteiger partial charge in [-0.1, -0.05) is 12.1 Å². The normalized spacial score (nSPS) is 11.0. The number of alkyl halides is 3. The van der Waals surface area contributed by atoms with Crippen LogP contribution >= 0.6 is 46.1 Å². The van der Waals surface area contributed by atoms with Crippen LogP contribution in [0.15, 0.2) is 41.2 Å². The van der Waals surface area contributed by atoms with E-state index in [0.29, 0.717) is 28.5 Å². The van der Waals surface area contributed by atoms with Gasteiger partial charge in [-0.15, -0.1) is 46.1 Å². The molecule has 0 aliphatic rings. The fourth-order valence-corrected chi connectivity index (χ4v) is 4.77. The molecule has 6 heteroatoms. The quantitative estimate of drug-likeness (QED) is 0.469. The van der Waals surface area contributed by atoms with Crippen LogP contribution < -0.4 is 10.2 Å². The maximum absolute atomic E-state index is 12.8. The number of hydrogen-bond acceptors (Lipinski definition) is 3. The van der Waals surface area contributed by atoms with E-state index < -0.39 is 0 Å². The molecule has 0 fully saturated rings. The van der Waals surface area contributed by atoms with Crippen molar-refractivity contribution in [2.45, 2.75) is 17.6 Å². The number of fused-ring (bicyclic) bond motifs is 1. The third kappa shape index (κ3) is 3.39. The highest BCUT2D eigenvalue weighted by Gasteiger charge is 2.17. The van der Waals surface area contributed by atoms with Gasteiger partial charge in [0, 0.05) is 31.7 Å². The Morgan fingerprint density at radius 3 is 2.20 bits per heavy atom. The summed E-state index contributed by atoms with van der Waals surface area (Å²) in [6, 6.07) is 11.4. The maximum atomic E-state index is 12.8. The van der Waals surface area contributed by atoms with Crippen LogP contribution in [0.1, 0.15) is 16.7 Å². The standard InChI is InChI=1S/C19H15Cl3O2S/c1-24-18-12(8-20)6-11(7-13(18)9-21)19-15(10-22)17(23)14-4-2-3-5-16(14)25-19/h2-7H,8-10H2,1H3. The SMILES string of the molecule is COc1c(CCl)cc(-c2sc3ccccc3c(=O)c2CCl)cc1CCl. The first-order valence-corrected chi connectivity index (χ1v) is 9.99. The van der Waals surface area contributed by atoms with E-state index in [1.807, 2.05) is 36.4 Å². The summed E-state index contributed by atoms with van der Waals surface area (Å²) >= 11 is 19.9. The first-order chi connectivity index (χ1) is 12.1. The van der Waals surface area contributed by atoms with E-state index in [-0.39, 0.29) is 11.3 Å². The van der Waals surface area contributed by atoms with Gasteiger partial charge in [-0.25, -0.2) is 0 Å². The van der Waals surface area contributed by atoms with E-state index >= 15 is 0 Å². The molecule has 130 valence electrons. The van der Waals surface area contributed by atoms with Crippen molar-refractivity contribution in [2.75, 3.05) is 7.11 Å². The molecular weight excluding hydrogens is 399 g/mol. The Morgan fingerprint density at radius 2 is 1.64 bits per heavy atom. The second-order valence-electron chi connectivity index (χ2n) is 5.46. The van der Waals surface area contributed by atoms with Crippen molar-refractivity contribution in [1.82, 2.24) is 0 Å². The second-order valence-corrected chi connectivity index (χ2v) is 7.32. The summed E-state index contributed by atoms with van der Waals surface area (Å²) in [4.78, 5) is 13.7. The highest BCUT2D eigenvalue weighted by molar-refractivity contribution is 7.21. The van der Waals surface area contributed by atoms with Gasteiger partial charge in [0.15, 0.2) is 5.43 Å². The van der Waals surface area contributed by atoms with Crippen molar-refractivity contribution in [3.8, 4) is 16.2 Å². The number of hydrogen-bond donors (Lipinski definition) is 0. The Labute approximate surface area is 164 Å². The largest absolute Gasteiger partial charge is 0.496 e. The topological polar surface area (TPSA) is 26.3 Å². The van der Waals surface area contributed by atoms with Gasteiger partial charge < -0.3 is 4.74 Å². The molecule has 0 saturated heterocycles. The molecule has 0 aliphatic carbocycles. The molecule has 0 bridgehead atoms. The third-order valence-electron chi connectivity index (χ3n) is 4.02. The van der Waals surface area contributed by atoms with E-state index in [1.165, 1.54) is 0 Å². The average molecular weight is 414 g/mol. The van der Waals surface area contributed by atoms with Gasteiger partial charge in [0.25, 0.3) is 0 Å². The van der Waals surface area contributed by atoms with Gasteiger partial charge in [0.2, 0.25) is 0 Å². The molecule has 0 atom stereocenters. The van der Waals surface area contributed by atoms with E-state index in [2.05, 4.69) is 0 Å². The molecule has 0 N–H and O–H groups in total. The number of halogens is 3. The molecule has 0 spiro atoms. The maximum Gasteiger partial charge on any atom is 0.193 e. The van der Waals surface area contributed by atoms with Crippen LogP contribution in [0, 0.1) is 0 Å². The Bertz CT molecular complexity index is 957. The predicted octanol–water partition coefficient (Wildman–Crippen LogP) is 6.15. The van der Waals surface area contributed by atoms with Gasteiger partial charge in [-0.2, -0.15) is 0 Å². The van der Waals surface area contributed by atoms with Gasteiger partial charge >= 0.3 is 0 Å². The molecule has 3 aromatic rings. The van der Waals surface area contributed by atoms with E-state index in [0.717, 1.165) is 26.3 Å². The van der Waals surface area contributed by atoms with E-state index in [4.69, 9.17) is 39.5 Å². The molecule has 0 amide bonds. The highest BCUT2D eigenvalue weighted by Crippen LogP contribution is 2.37. The summed E-state index contributed by atoms with van der Waals surface area (Å²) in [5.41, 5.74) is 3.12. The highest BCUT2D eigenvalue weighted by atomic mass is 35.5. The summed E-state index contributed by atoms with van der Waals surface area (Å²) in [6.07, 6.45) is 0. The minimum absolute atomic E-state index is 0.0324. The first kappa shape index (κ1) is 18.5. The van der Waals surface area contributed by atoms with E-state index in [9.17, 15) is 4.79 Å². The lowest BCUT2D eigenvalue weighted by Gasteiger charge is -2.15. The second kappa shape index (κ2) is 7.96. The van der Waals surface area contributed by atoms with E-state index in [1.54, 1.807) is 18.4 Å². The number of rotatable bonds is 5. The predicted molar refractivity (Wildman–Crippen MR) is 109 cm³/mol. The van der Waals surface area contributed by atoms with Gasteiger partial charge in [0.05, 0.1) is 24.7 Å². The van der Waals surface area contributed by atoms with Crippen LogP contribution in [0.2, 0.25) is 0 Å². The van der Waals surface area contributed by atoms with Gasteiger partial charge in [-0.3, -0.25) is 4.79 Å². The van der Waals surface area contributed by atoms with Gasteiger partial charge in [-0.05, 0) is 29.8 Å². The third-order valence-corrected chi connectivity index (χ3v) is 6.13. The molecule has 25 heavy (non-hydrogen) atoms. The average Bonchev–Trinajstić information content (AvgIpc) is 2.66. The summed E-state index contributed by atoms with van der Waals surface area (Å²) in [7, 11) is 1.60. The fraction of sp³-hybridized carbons (Fsp3) is 0.211. The Hall–Kier alpha value is -1.26. The number of benzene rings is 2. The van der Waals surface area contributed by atoms with Crippen LogP contribution in [-0.2, 0) is 17.6 Å². The van der Waals surface area contributed by atoms with Crippen LogP contribution in [0.3, 0.4) is 0 Å². The van der Waals surface area contributed by atoms with Crippen molar-refractivity contribution in [2.24, 2.45) is 0 Å². The lowest BCUT2D eigenvalue weighted by atomic mass is 10.0. The zero-order valence-electron chi connectivity index (χ0n) is 13.4. The smallest absolute Gasteiger partial charge is 0.193 e. The van der Waals surface area contributed by atoms with Crippen molar-refractivity contribution in [1.29, 1.82) is 0 Å². The van der Waals surface area contributed by atoms with Crippen LogP contribution in [0.25, 0.3) is 20.5 Å². The van der Waals surface area contributed by atoms with Crippen molar-refractivity contribution < 1.29 is 4.74 Å². The first-order valence-electron chi connectivity index (χ1n) is 7.57.